The Labute approximate surface area is 226 Å². The van der Waals surface area contributed by atoms with Gasteiger partial charge in [-0.1, -0.05) is 29.4 Å². The zero-order valence-corrected chi connectivity index (χ0v) is 23.0. The number of ether oxygens (including phenoxy) is 2. The lowest BCUT2D eigenvalue weighted by Gasteiger charge is -2.09. The summed E-state index contributed by atoms with van der Waals surface area (Å²) in [4.78, 5) is 24.7. The number of carbonyl (C=O) groups excluding carboxylic acids is 2. The van der Waals surface area contributed by atoms with Gasteiger partial charge in [-0.05, 0) is 64.8 Å². The van der Waals surface area contributed by atoms with Gasteiger partial charge < -0.3 is 24.7 Å². The number of nitrogens with zero attached hydrogens (tertiary/aromatic N) is 3. The van der Waals surface area contributed by atoms with Crippen LogP contribution in [-0.2, 0) is 22.7 Å². The summed E-state index contributed by atoms with van der Waals surface area (Å²) >= 11 is 10.7. The third kappa shape index (κ3) is 7.49. The van der Waals surface area contributed by atoms with Crippen LogP contribution in [0.5, 0.6) is 11.5 Å². The smallest absolute Gasteiger partial charge is 0.244 e. The van der Waals surface area contributed by atoms with Crippen LogP contribution < -0.4 is 20.1 Å². The molecule has 0 radical (unpaired) electrons. The maximum absolute atomic E-state index is 12.3. The standard InChI is InChI=1S/C24H25BrClN5O4S/c1-4-31-21(13-27-22(32)10-6-15-5-9-19(34-2)20(11-15)35-3)29-30-24(31)36-14-23(33)28-16-7-8-17(25)18(26)12-16/h5-12H,4,13-14H2,1-3H3,(H,27,32)(H,28,33). The van der Waals surface area contributed by atoms with Crippen LogP contribution in [0.4, 0.5) is 5.69 Å². The second-order valence-corrected chi connectivity index (χ2v) is 9.48. The van der Waals surface area contributed by atoms with Crippen molar-refractivity contribution in [2.24, 2.45) is 0 Å². The normalized spacial score (nSPS) is 10.9. The van der Waals surface area contributed by atoms with E-state index in [0.29, 0.717) is 39.7 Å². The molecule has 1 heterocycles. The first-order chi connectivity index (χ1) is 17.3. The second kappa shape index (κ2) is 13.3. The number of benzene rings is 2. The largest absolute Gasteiger partial charge is 0.493 e. The molecule has 0 bridgehead atoms. The van der Waals surface area contributed by atoms with E-state index >= 15 is 0 Å². The molecule has 0 unspecified atom stereocenters. The average molecular weight is 595 g/mol. The van der Waals surface area contributed by atoms with E-state index in [1.54, 1.807) is 50.6 Å². The van der Waals surface area contributed by atoms with Gasteiger partial charge in [0.2, 0.25) is 11.8 Å². The van der Waals surface area contributed by atoms with Crippen molar-refractivity contribution in [1.29, 1.82) is 0 Å². The van der Waals surface area contributed by atoms with Crippen molar-refractivity contribution in [1.82, 2.24) is 20.1 Å². The molecule has 190 valence electrons. The molecule has 3 aromatic rings. The Morgan fingerprint density at radius 3 is 2.61 bits per heavy atom. The van der Waals surface area contributed by atoms with E-state index in [1.807, 2.05) is 17.6 Å². The maximum atomic E-state index is 12.3. The van der Waals surface area contributed by atoms with Gasteiger partial charge in [0.1, 0.15) is 0 Å². The molecule has 0 saturated heterocycles. The molecule has 0 aliphatic rings. The Balaban J connectivity index is 1.54. The number of thioether (sulfide) groups is 1. The number of aromatic nitrogens is 3. The summed E-state index contributed by atoms with van der Waals surface area (Å²) in [6, 6.07) is 10.6. The van der Waals surface area contributed by atoms with Crippen LogP contribution in [0.15, 0.2) is 52.1 Å². The van der Waals surface area contributed by atoms with Crippen LogP contribution in [0.25, 0.3) is 6.08 Å². The summed E-state index contributed by atoms with van der Waals surface area (Å²) in [5, 5.41) is 15.1. The van der Waals surface area contributed by atoms with E-state index < -0.39 is 0 Å². The van der Waals surface area contributed by atoms with Crippen molar-refractivity contribution < 1.29 is 19.1 Å². The van der Waals surface area contributed by atoms with E-state index in [1.165, 1.54) is 17.8 Å². The molecule has 2 N–H and O–H groups in total. The Hall–Kier alpha value is -3.02. The minimum Gasteiger partial charge on any atom is -0.493 e. The molecular weight excluding hydrogens is 570 g/mol. The van der Waals surface area contributed by atoms with Gasteiger partial charge >= 0.3 is 0 Å². The molecule has 2 aromatic carbocycles. The first-order valence-electron chi connectivity index (χ1n) is 10.8. The predicted molar refractivity (Wildman–Crippen MR) is 145 cm³/mol. The van der Waals surface area contributed by atoms with Crippen molar-refractivity contribution in [3.05, 3.63) is 63.4 Å². The van der Waals surface area contributed by atoms with Crippen LogP contribution in [0.1, 0.15) is 18.3 Å². The number of hydrogen-bond donors (Lipinski definition) is 2. The summed E-state index contributed by atoms with van der Waals surface area (Å²) in [5.74, 6) is 1.45. The molecule has 0 saturated carbocycles. The van der Waals surface area contributed by atoms with Gasteiger partial charge in [-0.25, -0.2) is 0 Å². The van der Waals surface area contributed by atoms with Crippen molar-refractivity contribution in [2.75, 3.05) is 25.3 Å². The minimum atomic E-state index is -0.280. The van der Waals surface area contributed by atoms with Gasteiger partial charge in [0.05, 0.1) is 31.5 Å². The lowest BCUT2D eigenvalue weighted by atomic mass is 10.2. The number of carbonyl (C=O) groups is 2. The van der Waals surface area contributed by atoms with E-state index in [4.69, 9.17) is 21.1 Å². The quantitative estimate of drug-likeness (QED) is 0.243. The lowest BCUT2D eigenvalue weighted by molar-refractivity contribution is -0.116. The highest BCUT2D eigenvalue weighted by atomic mass is 79.9. The third-order valence-corrected chi connectivity index (χ3v) is 7.10. The predicted octanol–water partition coefficient (Wildman–Crippen LogP) is 4.79. The van der Waals surface area contributed by atoms with Gasteiger partial charge in [-0.3, -0.25) is 9.59 Å². The number of anilines is 1. The molecule has 0 atom stereocenters. The zero-order valence-electron chi connectivity index (χ0n) is 19.9. The molecule has 9 nitrogen and oxygen atoms in total. The molecule has 2 amide bonds. The fourth-order valence-corrected chi connectivity index (χ4v) is 4.38. The Kier molecular flexibility index (Phi) is 10.2. The Bertz CT molecular complexity index is 1270. The van der Waals surface area contributed by atoms with E-state index in [-0.39, 0.29) is 24.1 Å². The summed E-state index contributed by atoms with van der Waals surface area (Å²) in [6.45, 7) is 2.73. The zero-order chi connectivity index (χ0) is 26.1. The molecule has 0 fully saturated rings. The molecule has 1 aromatic heterocycles. The van der Waals surface area contributed by atoms with Gasteiger partial charge in [-0.2, -0.15) is 0 Å². The third-order valence-electron chi connectivity index (χ3n) is 4.90. The maximum Gasteiger partial charge on any atom is 0.244 e. The number of hydrogen-bond acceptors (Lipinski definition) is 7. The number of methoxy groups -OCH3 is 2. The highest BCUT2D eigenvalue weighted by Gasteiger charge is 2.14. The summed E-state index contributed by atoms with van der Waals surface area (Å²) in [5.41, 5.74) is 1.40. The average Bonchev–Trinajstić information content (AvgIpc) is 3.28. The van der Waals surface area contributed by atoms with Crippen molar-refractivity contribution in [3.8, 4) is 11.5 Å². The summed E-state index contributed by atoms with van der Waals surface area (Å²) < 4.78 is 13.1. The number of amides is 2. The first kappa shape index (κ1) is 27.6. The topological polar surface area (TPSA) is 107 Å². The number of nitrogens with one attached hydrogen (secondary N) is 2. The highest BCUT2D eigenvalue weighted by molar-refractivity contribution is 9.10. The molecule has 36 heavy (non-hydrogen) atoms. The van der Waals surface area contributed by atoms with Crippen LogP contribution in [0.2, 0.25) is 5.02 Å². The molecule has 0 aliphatic heterocycles. The van der Waals surface area contributed by atoms with Gasteiger partial charge in [0.25, 0.3) is 0 Å². The fourth-order valence-electron chi connectivity index (χ4n) is 3.13. The van der Waals surface area contributed by atoms with E-state index in [2.05, 4.69) is 36.8 Å². The van der Waals surface area contributed by atoms with Gasteiger partial charge in [0, 0.05) is 22.8 Å². The second-order valence-electron chi connectivity index (χ2n) is 7.27. The Morgan fingerprint density at radius 2 is 1.92 bits per heavy atom. The molecule has 0 aliphatic carbocycles. The van der Waals surface area contributed by atoms with Crippen molar-refractivity contribution >= 4 is 62.9 Å². The van der Waals surface area contributed by atoms with Crippen LogP contribution in [0, 0.1) is 0 Å². The molecule has 0 spiro atoms. The monoisotopic (exact) mass is 593 g/mol. The van der Waals surface area contributed by atoms with Crippen molar-refractivity contribution in [3.63, 3.8) is 0 Å². The van der Waals surface area contributed by atoms with E-state index in [0.717, 1.165) is 10.0 Å². The lowest BCUT2D eigenvalue weighted by Crippen LogP contribution is -2.22. The van der Waals surface area contributed by atoms with Crippen molar-refractivity contribution in [2.45, 2.75) is 25.2 Å². The van der Waals surface area contributed by atoms with Crippen LogP contribution in [0.3, 0.4) is 0 Å². The molecule has 12 heteroatoms. The number of halogens is 2. The Morgan fingerprint density at radius 1 is 1.14 bits per heavy atom. The minimum absolute atomic E-state index is 0.145. The summed E-state index contributed by atoms with van der Waals surface area (Å²) in [6.07, 6.45) is 3.11. The van der Waals surface area contributed by atoms with Gasteiger partial charge in [0.15, 0.2) is 22.5 Å². The molecule has 3 rings (SSSR count). The van der Waals surface area contributed by atoms with Crippen LogP contribution >= 0.6 is 39.3 Å². The van der Waals surface area contributed by atoms with Gasteiger partial charge in [-0.15, -0.1) is 10.2 Å². The SMILES string of the molecule is CCn1c(CNC(=O)C=Cc2ccc(OC)c(OC)c2)nnc1SCC(=O)Nc1ccc(Br)c(Cl)c1. The van der Waals surface area contributed by atoms with E-state index in [9.17, 15) is 9.59 Å². The number of rotatable bonds is 11. The molecular formula is C24H25BrClN5O4S. The van der Waals surface area contributed by atoms with Crippen LogP contribution in [-0.4, -0.2) is 46.6 Å². The fraction of sp³-hybridized carbons (Fsp3) is 0.250. The first-order valence-corrected chi connectivity index (χ1v) is 13.0. The summed E-state index contributed by atoms with van der Waals surface area (Å²) in [7, 11) is 3.12. The highest BCUT2D eigenvalue weighted by Crippen LogP contribution is 2.28.